The first-order valence-corrected chi connectivity index (χ1v) is 7.63. The molecule has 0 bridgehead atoms. The summed E-state index contributed by atoms with van der Waals surface area (Å²) < 4.78 is 11.2. The minimum absolute atomic E-state index is 0.0670. The highest BCUT2D eigenvalue weighted by atomic mass is 35.5. The third-order valence-electron chi connectivity index (χ3n) is 3.12. The topological polar surface area (TPSA) is 46.5 Å². The van der Waals surface area contributed by atoms with E-state index in [1.807, 2.05) is 22.9 Å². The van der Waals surface area contributed by atoms with Crippen molar-refractivity contribution in [3.63, 3.8) is 0 Å². The Balaban J connectivity index is 2.43. The van der Waals surface area contributed by atoms with E-state index in [1.54, 1.807) is 0 Å². The van der Waals surface area contributed by atoms with E-state index in [0.29, 0.717) is 9.79 Å². The third kappa shape index (κ3) is 2.08. The summed E-state index contributed by atoms with van der Waals surface area (Å²) in [4.78, 5) is 3.10. The molecule has 7 heteroatoms. The molecule has 0 aliphatic carbocycles. The number of fused-ring (bicyclic) bond motifs is 1. The lowest BCUT2D eigenvalue weighted by atomic mass is 9.92. The van der Waals surface area contributed by atoms with Crippen LogP contribution in [0.4, 0.5) is 0 Å². The SMILES string of the molecule is CC(C)(C)c1c[nH]c(=S)n1-c1c(Cl)ccc2nsnc12. The van der Waals surface area contributed by atoms with Crippen LogP contribution in [-0.4, -0.2) is 18.3 Å². The molecule has 0 saturated carbocycles. The van der Waals surface area contributed by atoms with Crippen LogP contribution in [-0.2, 0) is 5.41 Å². The van der Waals surface area contributed by atoms with Crippen LogP contribution in [0.5, 0.6) is 0 Å². The first-order valence-electron chi connectivity index (χ1n) is 6.11. The Bertz CT molecular complexity index is 838. The second kappa shape index (κ2) is 4.65. The van der Waals surface area contributed by atoms with E-state index in [1.165, 1.54) is 11.7 Å². The van der Waals surface area contributed by atoms with Crippen LogP contribution in [0.15, 0.2) is 18.3 Å². The molecule has 0 radical (unpaired) electrons. The van der Waals surface area contributed by atoms with Gasteiger partial charge in [-0.3, -0.25) is 4.57 Å². The van der Waals surface area contributed by atoms with Crippen LogP contribution >= 0.6 is 35.5 Å². The molecule has 104 valence electrons. The number of aromatic amines is 1. The molecule has 2 heterocycles. The van der Waals surface area contributed by atoms with E-state index in [2.05, 4.69) is 34.5 Å². The molecular formula is C13H13ClN4S2. The van der Waals surface area contributed by atoms with Gasteiger partial charge in [0.25, 0.3) is 0 Å². The Morgan fingerprint density at radius 1 is 1.30 bits per heavy atom. The minimum Gasteiger partial charge on any atom is -0.337 e. The molecule has 0 unspecified atom stereocenters. The summed E-state index contributed by atoms with van der Waals surface area (Å²) >= 11 is 13.0. The lowest BCUT2D eigenvalue weighted by Gasteiger charge is -2.21. The van der Waals surface area contributed by atoms with Crippen LogP contribution in [0.1, 0.15) is 26.5 Å². The first-order chi connectivity index (χ1) is 9.39. The molecule has 0 spiro atoms. The summed E-state index contributed by atoms with van der Waals surface area (Å²) in [7, 11) is 0. The number of benzene rings is 1. The van der Waals surface area contributed by atoms with Crippen LogP contribution in [0.2, 0.25) is 5.02 Å². The monoisotopic (exact) mass is 324 g/mol. The Labute approximate surface area is 130 Å². The van der Waals surface area contributed by atoms with Gasteiger partial charge >= 0.3 is 0 Å². The number of hydrogen-bond donors (Lipinski definition) is 1. The van der Waals surface area contributed by atoms with Crippen molar-refractivity contribution in [2.75, 3.05) is 0 Å². The number of imidazole rings is 1. The lowest BCUT2D eigenvalue weighted by Crippen LogP contribution is -2.17. The predicted octanol–water partition coefficient (Wildman–Crippen LogP) is 4.49. The normalized spacial score (nSPS) is 12.2. The quantitative estimate of drug-likeness (QED) is 0.671. The van der Waals surface area contributed by atoms with Gasteiger partial charge in [-0.25, -0.2) is 0 Å². The fraction of sp³-hybridized carbons (Fsp3) is 0.308. The van der Waals surface area contributed by atoms with Gasteiger partial charge in [0.1, 0.15) is 11.0 Å². The molecule has 0 aliphatic heterocycles. The van der Waals surface area contributed by atoms with Crippen LogP contribution in [0, 0.1) is 4.77 Å². The van der Waals surface area contributed by atoms with Crippen molar-refractivity contribution >= 4 is 46.6 Å². The molecule has 0 amide bonds. The molecular weight excluding hydrogens is 312 g/mol. The average molecular weight is 325 g/mol. The van der Waals surface area contributed by atoms with E-state index in [4.69, 9.17) is 23.8 Å². The molecule has 3 aromatic rings. The van der Waals surface area contributed by atoms with Gasteiger partial charge in [-0.05, 0) is 24.4 Å². The number of hydrogen-bond acceptors (Lipinski definition) is 4. The Hall–Kier alpha value is -1.24. The molecule has 0 atom stereocenters. The molecule has 1 aromatic carbocycles. The molecule has 3 rings (SSSR count). The fourth-order valence-electron chi connectivity index (χ4n) is 2.17. The minimum atomic E-state index is -0.0670. The number of nitrogens with one attached hydrogen (secondary N) is 1. The van der Waals surface area contributed by atoms with Gasteiger partial charge in [-0.15, -0.1) is 0 Å². The molecule has 0 aliphatic rings. The highest BCUT2D eigenvalue weighted by Gasteiger charge is 2.23. The van der Waals surface area contributed by atoms with Gasteiger partial charge in [-0.1, -0.05) is 32.4 Å². The Kier molecular flexibility index (Phi) is 3.19. The molecule has 0 saturated heterocycles. The molecule has 1 N–H and O–H groups in total. The maximum atomic E-state index is 6.40. The molecule has 4 nitrogen and oxygen atoms in total. The third-order valence-corrected chi connectivity index (χ3v) is 4.27. The second-order valence-corrected chi connectivity index (χ2v) is 6.91. The molecule has 2 aromatic heterocycles. The Morgan fingerprint density at radius 3 is 2.75 bits per heavy atom. The van der Waals surface area contributed by atoms with Crippen molar-refractivity contribution in [1.82, 2.24) is 18.3 Å². The summed E-state index contributed by atoms with van der Waals surface area (Å²) in [6, 6.07) is 3.71. The van der Waals surface area contributed by atoms with Crippen LogP contribution < -0.4 is 0 Å². The Morgan fingerprint density at radius 2 is 2.05 bits per heavy atom. The zero-order valence-corrected chi connectivity index (χ0v) is 13.7. The van der Waals surface area contributed by atoms with Crippen LogP contribution in [0.3, 0.4) is 0 Å². The van der Waals surface area contributed by atoms with Gasteiger partial charge in [0.15, 0.2) is 4.77 Å². The highest BCUT2D eigenvalue weighted by Crippen LogP contribution is 2.33. The van der Waals surface area contributed by atoms with E-state index in [9.17, 15) is 0 Å². The zero-order chi connectivity index (χ0) is 14.5. The zero-order valence-electron chi connectivity index (χ0n) is 11.3. The van der Waals surface area contributed by atoms with Gasteiger partial charge < -0.3 is 4.98 Å². The first kappa shape index (κ1) is 13.7. The lowest BCUT2D eigenvalue weighted by molar-refractivity contribution is 0.556. The van der Waals surface area contributed by atoms with Crippen LogP contribution in [0.25, 0.3) is 16.7 Å². The van der Waals surface area contributed by atoms with E-state index < -0.39 is 0 Å². The predicted molar refractivity (Wildman–Crippen MR) is 85.6 cm³/mol. The number of rotatable bonds is 1. The summed E-state index contributed by atoms with van der Waals surface area (Å²) in [5.41, 5.74) is 3.41. The van der Waals surface area contributed by atoms with Crippen molar-refractivity contribution in [3.05, 3.63) is 33.8 Å². The average Bonchev–Trinajstić information content (AvgIpc) is 2.95. The molecule has 20 heavy (non-hydrogen) atoms. The van der Waals surface area contributed by atoms with E-state index in [0.717, 1.165) is 22.4 Å². The maximum absolute atomic E-state index is 6.40. The van der Waals surface area contributed by atoms with Crippen molar-refractivity contribution in [2.24, 2.45) is 0 Å². The van der Waals surface area contributed by atoms with E-state index in [-0.39, 0.29) is 5.41 Å². The van der Waals surface area contributed by atoms with Gasteiger partial charge in [0, 0.05) is 17.3 Å². The fourth-order valence-corrected chi connectivity index (χ4v) is 3.19. The van der Waals surface area contributed by atoms with Gasteiger partial charge in [0.05, 0.1) is 22.4 Å². The summed E-state index contributed by atoms with van der Waals surface area (Å²) in [6.07, 6.45) is 1.93. The van der Waals surface area contributed by atoms with Gasteiger partial charge in [-0.2, -0.15) is 8.75 Å². The summed E-state index contributed by atoms with van der Waals surface area (Å²) in [5, 5.41) is 0.617. The standard InChI is InChI=1S/C13H13ClN4S2/c1-13(2,3)9-6-15-12(19)18(9)11-7(14)4-5-8-10(11)17-20-16-8/h4-6H,1-3H3,(H,15,19). The number of halogens is 1. The molecule has 0 fully saturated rings. The number of nitrogens with zero attached hydrogens (tertiary/aromatic N) is 3. The highest BCUT2D eigenvalue weighted by molar-refractivity contribution is 7.71. The maximum Gasteiger partial charge on any atom is 0.182 e. The van der Waals surface area contributed by atoms with Crippen molar-refractivity contribution in [3.8, 4) is 5.69 Å². The van der Waals surface area contributed by atoms with Crippen molar-refractivity contribution in [2.45, 2.75) is 26.2 Å². The number of aromatic nitrogens is 4. The second-order valence-electron chi connectivity index (χ2n) is 5.59. The van der Waals surface area contributed by atoms with Gasteiger partial charge in [0.2, 0.25) is 0 Å². The number of H-pyrrole nitrogens is 1. The van der Waals surface area contributed by atoms with Crippen molar-refractivity contribution < 1.29 is 0 Å². The smallest absolute Gasteiger partial charge is 0.182 e. The van der Waals surface area contributed by atoms with Crippen molar-refractivity contribution in [1.29, 1.82) is 0 Å². The summed E-state index contributed by atoms with van der Waals surface area (Å²) in [5.74, 6) is 0. The van der Waals surface area contributed by atoms with E-state index >= 15 is 0 Å². The summed E-state index contributed by atoms with van der Waals surface area (Å²) in [6.45, 7) is 6.40. The largest absolute Gasteiger partial charge is 0.337 e.